The maximum atomic E-state index is 6.20. The highest BCUT2D eigenvalue weighted by molar-refractivity contribution is 5.74. The molecule has 1 unspecified atom stereocenters. The molecule has 0 radical (unpaired) electrons. The number of rotatable bonds is 5. The molecule has 0 amide bonds. The Hall–Kier alpha value is -1.38. The number of nitrogens with zero attached hydrogens (tertiary/aromatic N) is 1. The van der Waals surface area contributed by atoms with E-state index in [1.807, 2.05) is 32.0 Å². The number of para-hydroxylation sites is 1. The van der Waals surface area contributed by atoms with Gasteiger partial charge in [-0.25, -0.2) is 0 Å². The van der Waals surface area contributed by atoms with Crippen LogP contribution in [-0.4, -0.2) is 19.2 Å². The molecule has 0 aliphatic rings. The fourth-order valence-electron chi connectivity index (χ4n) is 1.86. The first-order chi connectivity index (χ1) is 8.34. The van der Waals surface area contributed by atoms with Crippen molar-refractivity contribution < 1.29 is 4.74 Å². The summed E-state index contributed by atoms with van der Waals surface area (Å²) >= 11 is 0. The van der Waals surface area contributed by atoms with E-state index in [0.717, 1.165) is 17.1 Å². The van der Waals surface area contributed by atoms with Crippen molar-refractivity contribution in [3.63, 3.8) is 0 Å². The number of anilines is 2. The van der Waals surface area contributed by atoms with Gasteiger partial charge in [0.25, 0.3) is 0 Å². The minimum Gasteiger partial charge on any atom is -0.489 e. The number of hydrogen-bond donors (Lipinski definition) is 1. The lowest BCUT2D eigenvalue weighted by Crippen LogP contribution is -2.33. The van der Waals surface area contributed by atoms with E-state index in [1.54, 1.807) is 0 Å². The zero-order chi connectivity index (χ0) is 13.9. The van der Waals surface area contributed by atoms with Gasteiger partial charge >= 0.3 is 0 Å². The van der Waals surface area contributed by atoms with E-state index in [0.29, 0.717) is 12.0 Å². The van der Waals surface area contributed by atoms with E-state index in [1.165, 1.54) is 0 Å². The third kappa shape index (κ3) is 3.31. The Morgan fingerprint density at radius 1 is 1.11 bits per heavy atom. The molecule has 0 saturated carbocycles. The Morgan fingerprint density at radius 3 is 2.22 bits per heavy atom. The molecule has 0 saturated heterocycles. The van der Waals surface area contributed by atoms with Gasteiger partial charge in [-0.2, -0.15) is 0 Å². The van der Waals surface area contributed by atoms with Gasteiger partial charge in [-0.1, -0.05) is 19.9 Å². The summed E-state index contributed by atoms with van der Waals surface area (Å²) in [6.45, 7) is 10.6. The predicted octanol–water partition coefficient (Wildman–Crippen LogP) is 3.54. The number of hydrogen-bond acceptors (Lipinski definition) is 3. The molecule has 0 fully saturated rings. The summed E-state index contributed by atoms with van der Waals surface area (Å²) in [6.07, 6.45) is 0.135. The first kappa shape index (κ1) is 14.7. The normalized spacial score (nSPS) is 12.9. The first-order valence-corrected chi connectivity index (χ1v) is 6.62. The Balaban J connectivity index is 3.03. The van der Waals surface area contributed by atoms with E-state index in [9.17, 15) is 0 Å². The highest BCUT2D eigenvalue weighted by Crippen LogP contribution is 2.33. The first-order valence-electron chi connectivity index (χ1n) is 6.62. The molecular formula is C15H26N2O. The van der Waals surface area contributed by atoms with Gasteiger partial charge in [-0.15, -0.1) is 0 Å². The maximum Gasteiger partial charge on any atom is 0.144 e. The SMILES string of the molecule is CC(C)Oc1cccc(N(C)C(C)C(C)C)c1N. The van der Waals surface area contributed by atoms with Crippen LogP contribution in [0, 0.1) is 5.92 Å². The second-order valence-electron chi connectivity index (χ2n) is 5.45. The molecule has 0 aliphatic carbocycles. The zero-order valence-electron chi connectivity index (χ0n) is 12.4. The third-order valence-corrected chi connectivity index (χ3v) is 3.36. The summed E-state index contributed by atoms with van der Waals surface area (Å²) in [5, 5.41) is 0. The highest BCUT2D eigenvalue weighted by Gasteiger charge is 2.17. The lowest BCUT2D eigenvalue weighted by atomic mass is 10.0. The van der Waals surface area contributed by atoms with Gasteiger partial charge in [-0.3, -0.25) is 0 Å². The van der Waals surface area contributed by atoms with Crippen molar-refractivity contribution >= 4 is 11.4 Å². The van der Waals surface area contributed by atoms with E-state index in [2.05, 4.69) is 32.7 Å². The van der Waals surface area contributed by atoms with Crippen LogP contribution < -0.4 is 15.4 Å². The maximum absolute atomic E-state index is 6.20. The quantitative estimate of drug-likeness (QED) is 0.812. The van der Waals surface area contributed by atoms with Gasteiger partial charge in [0.15, 0.2) is 0 Å². The average molecular weight is 250 g/mol. The molecule has 1 atom stereocenters. The van der Waals surface area contributed by atoms with E-state index in [-0.39, 0.29) is 6.10 Å². The number of benzene rings is 1. The third-order valence-electron chi connectivity index (χ3n) is 3.36. The van der Waals surface area contributed by atoms with Crippen LogP contribution in [0.2, 0.25) is 0 Å². The minimum atomic E-state index is 0.135. The van der Waals surface area contributed by atoms with Crippen LogP contribution in [0.15, 0.2) is 18.2 Å². The van der Waals surface area contributed by atoms with Crippen molar-refractivity contribution in [1.29, 1.82) is 0 Å². The number of ether oxygens (including phenoxy) is 1. The summed E-state index contributed by atoms with van der Waals surface area (Å²) in [7, 11) is 2.08. The number of nitrogen functional groups attached to an aromatic ring is 1. The van der Waals surface area contributed by atoms with Crippen LogP contribution in [0.5, 0.6) is 5.75 Å². The fourth-order valence-corrected chi connectivity index (χ4v) is 1.86. The van der Waals surface area contributed by atoms with Crippen molar-refractivity contribution in [2.75, 3.05) is 17.7 Å². The molecule has 3 heteroatoms. The lowest BCUT2D eigenvalue weighted by Gasteiger charge is -2.31. The molecule has 18 heavy (non-hydrogen) atoms. The van der Waals surface area contributed by atoms with E-state index < -0.39 is 0 Å². The summed E-state index contributed by atoms with van der Waals surface area (Å²) in [6, 6.07) is 6.39. The molecule has 3 nitrogen and oxygen atoms in total. The van der Waals surface area contributed by atoms with Crippen LogP contribution in [0.4, 0.5) is 11.4 Å². The van der Waals surface area contributed by atoms with Crippen molar-refractivity contribution in [2.45, 2.75) is 46.8 Å². The second kappa shape index (κ2) is 5.98. The molecule has 0 aliphatic heterocycles. The van der Waals surface area contributed by atoms with E-state index in [4.69, 9.17) is 10.5 Å². The summed E-state index contributed by atoms with van der Waals surface area (Å²) in [5.41, 5.74) is 7.96. The van der Waals surface area contributed by atoms with Crippen molar-refractivity contribution in [1.82, 2.24) is 0 Å². The summed E-state index contributed by atoms with van der Waals surface area (Å²) in [4.78, 5) is 2.22. The molecule has 1 rings (SSSR count). The van der Waals surface area contributed by atoms with Gasteiger partial charge in [0.1, 0.15) is 5.75 Å². The average Bonchev–Trinajstić information content (AvgIpc) is 2.29. The molecule has 1 aromatic carbocycles. The topological polar surface area (TPSA) is 38.5 Å². The molecule has 0 aromatic heterocycles. The van der Waals surface area contributed by atoms with Gasteiger partial charge in [0.2, 0.25) is 0 Å². The molecule has 102 valence electrons. The molecule has 0 spiro atoms. The molecule has 0 bridgehead atoms. The highest BCUT2D eigenvalue weighted by atomic mass is 16.5. The van der Waals surface area contributed by atoms with Crippen LogP contribution in [0.3, 0.4) is 0 Å². The Kier molecular flexibility index (Phi) is 4.88. The number of nitrogens with two attached hydrogens (primary N) is 1. The standard InChI is InChI=1S/C15H26N2O/c1-10(2)12(5)17(6)13-8-7-9-14(15(13)16)18-11(3)4/h7-12H,16H2,1-6H3. The van der Waals surface area contributed by atoms with Crippen LogP contribution in [0.1, 0.15) is 34.6 Å². The Labute approximate surface area is 111 Å². The lowest BCUT2D eigenvalue weighted by molar-refractivity contribution is 0.244. The molecule has 0 heterocycles. The molecule has 2 N–H and O–H groups in total. The zero-order valence-corrected chi connectivity index (χ0v) is 12.4. The van der Waals surface area contributed by atoms with Gasteiger partial charge in [0, 0.05) is 13.1 Å². The summed E-state index contributed by atoms with van der Waals surface area (Å²) in [5.74, 6) is 1.34. The van der Waals surface area contributed by atoms with Crippen LogP contribution >= 0.6 is 0 Å². The predicted molar refractivity (Wildman–Crippen MR) is 79.3 cm³/mol. The monoisotopic (exact) mass is 250 g/mol. The van der Waals surface area contributed by atoms with Crippen molar-refractivity contribution in [3.05, 3.63) is 18.2 Å². The van der Waals surface area contributed by atoms with Gasteiger partial charge in [0.05, 0.1) is 17.5 Å². The Bertz CT molecular complexity index is 388. The Morgan fingerprint density at radius 2 is 1.72 bits per heavy atom. The molecule has 1 aromatic rings. The van der Waals surface area contributed by atoms with Crippen LogP contribution in [0.25, 0.3) is 0 Å². The minimum absolute atomic E-state index is 0.135. The van der Waals surface area contributed by atoms with Crippen molar-refractivity contribution in [3.8, 4) is 5.75 Å². The summed E-state index contributed by atoms with van der Waals surface area (Å²) < 4.78 is 5.72. The van der Waals surface area contributed by atoms with Crippen molar-refractivity contribution in [2.24, 2.45) is 5.92 Å². The second-order valence-corrected chi connectivity index (χ2v) is 5.45. The fraction of sp³-hybridized carbons (Fsp3) is 0.600. The molecular weight excluding hydrogens is 224 g/mol. The van der Waals surface area contributed by atoms with Gasteiger partial charge in [-0.05, 0) is 38.8 Å². The largest absolute Gasteiger partial charge is 0.489 e. The van der Waals surface area contributed by atoms with E-state index >= 15 is 0 Å². The van der Waals surface area contributed by atoms with Gasteiger partial charge < -0.3 is 15.4 Å². The van der Waals surface area contributed by atoms with Crippen LogP contribution in [-0.2, 0) is 0 Å². The smallest absolute Gasteiger partial charge is 0.144 e.